The van der Waals surface area contributed by atoms with Gasteiger partial charge in [0.1, 0.15) is 5.82 Å². The number of ether oxygens (including phenoxy) is 2. The van der Waals surface area contributed by atoms with Crippen molar-refractivity contribution in [3.8, 4) is 5.75 Å². The van der Waals surface area contributed by atoms with Gasteiger partial charge in [0.15, 0.2) is 17.3 Å². The third-order valence-corrected chi connectivity index (χ3v) is 5.64. The van der Waals surface area contributed by atoms with Crippen molar-refractivity contribution >= 4 is 5.78 Å². The smallest absolute Gasteiger partial charge is 0.165 e. The first kappa shape index (κ1) is 18.8. The Morgan fingerprint density at radius 3 is 2.88 bits per heavy atom. The topological polar surface area (TPSA) is 35.5 Å². The lowest BCUT2D eigenvalue weighted by Gasteiger charge is -2.41. The Kier molecular flexibility index (Phi) is 5.28. The minimum atomic E-state index is -0.593. The first-order valence-electron chi connectivity index (χ1n) is 8.93. The minimum Gasteiger partial charge on any atom is -0.494 e. The van der Waals surface area contributed by atoms with Crippen LogP contribution in [0.25, 0.3) is 0 Å². The summed E-state index contributed by atoms with van der Waals surface area (Å²) in [5, 5.41) is 0. The fourth-order valence-electron chi connectivity index (χ4n) is 4.23. The van der Waals surface area contributed by atoms with Gasteiger partial charge in [0.25, 0.3) is 0 Å². The van der Waals surface area contributed by atoms with E-state index in [0.29, 0.717) is 32.3 Å². The summed E-state index contributed by atoms with van der Waals surface area (Å²) >= 11 is 0. The highest BCUT2D eigenvalue weighted by Crippen LogP contribution is 2.47. The van der Waals surface area contributed by atoms with E-state index in [1.54, 1.807) is 12.2 Å². The number of benzene rings is 1. The van der Waals surface area contributed by atoms with E-state index in [-0.39, 0.29) is 28.9 Å². The standard InChI is InChI=1S/C21H24F2O3/c1-4-5-14-12-21(16(6-7-26-21)10-19(14)24)13(2)8-15-9-18(23)20(25-3)11-17(15)22/h4,9-11,13-14H,1,5-8,12H2,2-3H3/t13-,14+,21-/m1/s1. The van der Waals surface area contributed by atoms with Crippen LogP contribution >= 0.6 is 0 Å². The molecule has 0 unspecified atom stereocenters. The molecule has 0 amide bonds. The molecule has 26 heavy (non-hydrogen) atoms. The number of carbonyl (C=O) groups excluding carboxylic acids is 1. The molecule has 1 saturated heterocycles. The number of halogens is 2. The second-order valence-corrected chi connectivity index (χ2v) is 7.17. The van der Waals surface area contributed by atoms with Crippen LogP contribution in [0.3, 0.4) is 0 Å². The molecule has 1 aliphatic carbocycles. The first-order valence-corrected chi connectivity index (χ1v) is 8.93. The van der Waals surface area contributed by atoms with Crippen molar-refractivity contribution in [3.63, 3.8) is 0 Å². The predicted octanol–water partition coefficient (Wildman–Crippen LogP) is 4.40. The van der Waals surface area contributed by atoms with E-state index < -0.39 is 17.2 Å². The Bertz CT molecular complexity index is 756. The fraction of sp³-hybridized carbons (Fsp3) is 0.476. The van der Waals surface area contributed by atoms with Gasteiger partial charge in [0.05, 0.1) is 19.3 Å². The van der Waals surface area contributed by atoms with Crippen molar-refractivity contribution in [2.75, 3.05) is 13.7 Å². The second-order valence-electron chi connectivity index (χ2n) is 7.17. The third-order valence-electron chi connectivity index (χ3n) is 5.64. The van der Waals surface area contributed by atoms with Crippen molar-refractivity contribution in [1.82, 2.24) is 0 Å². The lowest BCUT2D eigenvalue weighted by molar-refractivity contribution is -0.123. The zero-order valence-electron chi connectivity index (χ0n) is 15.2. The zero-order chi connectivity index (χ0) is 18.9. The van der Waals surface area contributed by atoms with Gasteiger partial charge in [0, 0.05) is 12.0 Å². The van der Waals surface area contributed by atoms with Crippen LogP contribution in [0.1, 0.15) is 31.7 Å². The molecule has 3 nitrogen and oxygen atoms in total. The van der Waals surface area contributed by atoms with E-state index in [4.69, 9.17) is 9.47 Å². The molecule has 1 aromatic carbocycles. The maximum atomic E-state index is 14.4. The maximum absolute atomic E-state index is 14.4. The van der Waals surface area contributed by atoms with Gasteiger partial charge in [-0.3, -0.25) is 4.79 Å². The van der Waals surface area contributed by atoms with E-state index in [1.165, 1.54) is 13.2 Å². The zero-order valence-corrected chi connectivity index (χ0v) is 15.2. The highest BCUT2D eigenvalue weighted by molar-refractivity contribution is 5.94. The number of fused-ring (bicyclic) bond motifs is 1. The summed E-state index contributed by atoms with van der Waals surface area (Å²) < 4.78 is 39.3. The Balaban J connectivity index is 1.89. The SMILES string of the molecule is C=CC[C@H]1C[C@]2([C@H](C)Cc3cc(F)c(OC)cc3F)OCCC2=CC1=O. The normalized spacial score (nSPS) is 26.2. The van der Waals surface area contributed by atoms with Gasteiger partial charge >= 0.3 is 0 Å². The summed E-state index contributed by atoms with van der Waals surface area (Å²) in [5.41, 5.74) is 0.673. The van der Waals surface area contributed by atoms with E-state index in [0.717, 1.165) is 11.6 Å². The highest BCUT2D eigenvalue weighted by Gasteiger charge is 2.49. The van der Waals surface area contributed by atoms with Crippen LogP contribution < -0.4 is 4.74 Å². The third kappa shape index (κ3) is 3.20. The van der Waals surface area contributed by atoms with Crippen LogP contribution in [0, 0.1) is 23.5 Å². The minimum absolute atomic E-state index is 0.0982. The first-order chi connectivity index (χ1) is 12.4. The molecule has 0 bridgehead atoms. The van der Waals surface area contributed by atoms with Crippen LogP contribution in [0.4, 0.5) is 8.78 Å². The summed E-state index contributed by atoms with van der Waals surface area (Å²) in [4.78, 5) is 12.3. The van der Waals surface area contributed by atoms with Crippen molar-refractivity contribution in [3.05, 3.63) is 53.6 Å². The van der Waals surface area contributed by atoms with Crippen molar-refractivity contribution in [2.45, 2.75) is 38.2 Å². The molecular formula is C21H24F2O3. The number of methoxy groups -OCH3 is 1. The number of carbonyl (C=O) groups is 1. The molecule has 1 aromatic rings. The molecule has 0 aromatic heterocycles. The van der Waals surface area contributed by atoms with Crippen LogP contribution in [0.15, 0.2) is 36.4 Å². The van der Waals surface area contributed by atoms with Crippen LogP contribution in [-0.2, 0) is 16.0 Å². The van der Waals surface area contributed by atoms with E-state index >= 15 is 0 Å². The summed E-state index contributed by atoms with van der Waals surface area (Å²) in [6.07, 6.45) is 5.62. The molecule has 2 aliphatic rings. The molecule has 0 spiro atoms. The quantitative estimate of drug-likeness (QED) is 0.704. The molecule has 0 N–H and O–H groups in total. The van der Waals surface area contributed by atoms with Crippen LogP contribution in [0.5, 0.6) is 5.75 Å². The summed E-state index contributed by atoms with van der Waals surface area (Å²) in [6.45, 7) is 6.25. The molecule has 3 rings (SSSR count). The molecule has 0 radical (unpaired) electrons. The molecule has 1 heterocycles. The van der Waals surface area contributed by atoms with Gasteiger partial charge in [-0.2, -0.15) is 0 Å². The lowest BCUT2D eigenvalue weighted by atomic mass is 9.68. The van der Waals surface area contributed by atoms with E-state index in [1.807, 2.05) is 6.92 Å². The van der Waals surface area contributed by atoms with Gasteiger partial charge < -0.3 is 9.47 Å². The number of allylic oxidation sites excluding steroid dienone is 2. The summed E-state index contributed by atoms with van der Waals surface area (Å²) in [6, 6.07) is 2.26. The van der Waals surface area contributed by atoms with Crippen LogP contribution in [0.2, 0.25) is 0 Å². The molecule has 0 saturated carbocycles. The molecule has 140 valence electrons. The van der Waals surface area contributed by atoms with Crippen molar-refractivity contribution in [1.29, 1.82) is 0 Å². The van der Waals surface area contributed by atoms with E-state index in [9.17, 15) is 13.6 Å². The number of ketones is 1. The Morgan fingerprint density at radius 2 is 2.19 bits per heavy atom. The largest absolute Gasteiger partial charge is 0.494 e. The van der Waals surface area contributed by atoms with Gasteiger partial charge in [-0.1, -0.05) is 13.0 Å². The lowest BCUT2D eigenvalue weighted by Crippen LogP contribution is -2.44. The van der Waals surface area contributed by atoms with Crippen molar-refractivity contribution < 1.29 is 23.0 Å². The molecule has 1 aliphatic heterocycles. The Morgan fingerprint density at radius 1 is 1.42 bits per heavy atom. The Labute approximate surface area is 152 Å². The monoisotopic (exact) mass is 362 g/mol. The van der Waals surface area contributed by atoms with Crippen LogP contribution in [-0.4, -0.2) is 25.1 Å². The van der Waals surface area contributed by atoms with Gasteiger partial charge in [-0.05, 0) is 54.9 Å². The molecule has 5 heteroatoms. The summed E-state index contributed by atoms with van der Waals surface area (Å²) in [7, 11) is 1.31. The average molecular weight is 362 g/mol. The van der Waals surface area contributed by atoms with E-state index in [2.05, 4.69) is 6.58 Å². The average Bonchev–Trinajstić information content (AvgIpc) is 3.02. The summed E-state index contributed by atoms with van der Waals surface area (Å²) in [5.74, 6) is -1.35. The number of rotatable bonds is 6. The van der Waals surface area contributed by atoms with Crippen molar-refractivity contribution in [2.24, 2.45) is 11.8 Å². The Hall–Kier alpha value is -2.01. The molecule has 3 atom stereocenters. The van der Waals surface area contributed by atoms with Gasteiger partial charge in [0.2, 0.25) is 0 Å². The number of hydrogen-bond donors (Lipinski definition) is 0. The molecule has 1 fully saturated rings. The fourth-order valence-corrected chi connectivity index (χ4v) is 4.23. The second kappa shape index (κ2) is 7.31. The molecular weight excluding hydrogens is 338 g/mol. The van der Waals surface area contributed by atoms with Gasteiger partial charge in [-0.15, -0.1) is 6.58 Å². The van der Waals surface area contributed by atoms with Gasteiger partial charge in [-0.25, -0.2) is 8.78 Å². The predicted molar refractivity (Wildman–Crippen MR) is 95.1 cm³/mol. The maximum Gasteiger partial charge on any atom is 0.165 e. The number of hydrogen-bond acceptors (Lipinski definition) is 3. The highest BCUT2D eigenvalue weighted by atomic mass is 19.1.